The molecule has 2 aromatic heterocycles. The molecule has 0 saturated carbocycles. The van der Waals surface area contributed by atoms with Crippen LogP contribution in [0.5, 0.6) is 0 Å². The lowest BCUT2D eigenvalue weighted by atomic mass is 9.88. The van der Waals surface area contributed by atoms with E-state index in [0.29, 0.717) is 0 Å². The fraction of sp³-hybridized carbons (Fsp3) is 0. The molecule has 9 aromatic carbocycles. The molecule has 0 aliphatic rings. The van der Waals surface area contributed by atoms with E-state index in [9.17, 15) is 0 Å². The summed E-state index contributed by atoms with van der Waals surface area (Å²) in [5.41, 5.74) is 14.6. The Hall–Kier alpha value is -7.20. The molecular weight excluding hydrogens is 711 g/mol. The summed E-state index contributed by atoms with van der Waals surface area (Å²) in [6.45, 7) is 0. The maximum absolute atomic E-state index is 6.28. The lowest BCUT2D eigenvalue weighted by molar-refractivity contribution is 0.669. The van der Waals surface area contributed by atoms with Gasteiger partial charge in [0.2, 0.25) is 0 Å². The first-order valence-electron chi connectivity index (χ1n) is 19.3. The molecule has 11 aromatic rings. The number of furan rings is 1. The molecule has 57 heavy (non-hydrogen) atoms. The van der Waals surface area contributed by atoms with E-state index >= 15 is 0 Å². The van der Waals surface area contributed by atoms with Gasteiger partial charge in [-0.25, -0.2) is 0 Å². The van der Waals surface area contributed by atoms with Crippen molar-refractivity contribution in [1.29, 1.82) is 0 Å². The van der Waals surface area contributed by atoms with Crippen molar-refractivity contribution in [3.8, 4) is 44.5 Å². The van der Waals surface area contributed by atoms with E-state index < -0.39 is 0 Å². The van der Waals surface area contributed by atoms with Gasteiger partial charge in [0.05, 0.1) is 16.1 Å². The van der Waals surface area contributed by atoms with Gasteiger partial charge in [-0.3, -0.25) is 0 Å². The number of para-hydroxylation sites is 2. The van der Waals surface area contributed by atoms with Gasteiger partial charge in [-0.15, -0.1) is 11.3 Å². The highest BCUT2D eigenvalue weighted by Crippen LogP contribution is 2.49. The van der Waals surface area contributed by atoms with Crippen LogP contribution in [0, 0.1) is 0 Å². The van der Waals surface area contributed by atoms with Crippen molar-refractivity contribution in [1.82, 2.24) is 0 Å². The third-order valence-electron chi connectivity index (χ3n) is 11.1. The highest BCUT2D eigenvalue weighted by atomic mass is 32.1. The molecule has 0 radical (unpaired) electrons. The summed E-state index contributed by atoms with van der Waals surface area (Å²) in [6, 6.07) is 76.4. The Morgan fingerprint density at radius 2 is 0.860 bits per heavy atom. The number of anilines is 3. The van der Waals surface area contributed by atoms with E-state index in [1.54, 1.807) is 0 Å². The molecule has 0 aliphatic heterocycles. The summed E-state index contributed by atoms with van der Waals surface area (Å²) >= 11 is 1.86. The van der Waals surface area contributed by atoms with Crippen LogP contribution in [-0.2, 0) is 0 Å². The molecule has 268 valence electrons. The first-order chi connectivity index (χ1) is 28.3. The average molecular weight is 746 g/mol. The van der Waals surface area contributed by atoms with Crippen molar-refractivity contribution in [2.24, 2.45) is 0 Å². The predicted octanol–water partition coefficient (Wildman–Crippen LogP) is 16.1. The molecule has 3 heteroatoms. The quantitative estimate of drug-likeness (QED) is 0.162. The zero-order valence-corrected chi connectivity index (χ0v) is 31.8. The second kappa shape index (κ2) is 13.8. The third-order valence-corrected chi connectivity index (χ3v) is 12.3. The van der Waals surface area contributed by atoms with Gasteiger partial charge >= 0.3 is 0 Å². The molecule has 0 fully saturated rings. The number of thiophene rings is 1. The maximum Gasteiger partial charge on any atom is 0.136 e. The molecular formula is C54H35NOS. The van der Waals surface area contributed by atoms with Crippen LogP contribution in [0.4, 0.5) is 17.1 Å². The second-order valence-corrected chi connectivity index (χ2v) is 15.4. The van der Waals surface area contributed by atoms with Gasteiger partial charge in [-0.2, -0.15) is 0 Å². The van der Waals surface area contributed by atoms with E-state index in [0.717, 1.165) is 55.7 Å². The lowest BCUT2D eigenvalue weighted by Gasteiger charge is -2.29. The SMILES string of the molecule is c1ccc(-c2ccccc2-c2ccccc2-c2ccccc2N(c2ccc(-c3cccc4oc5ccccc5c34)cc2)c2cccc3c2sc2ccccc23)cc1. The normalized spacial score (nSPS) is 11.5. The Balaban J connectivity index is 1.12. The fourth-order valence-electron chi connectivity index (χ4n) is 8.56. The molecule has 0 aliphatic carbocycles. The molecule has 0 N–H and O–H groups in total. The van der Waals surface area contributed by atoms with E-state index in [1.807, 2.05) is 23.5 Å². The van der Waals surface area contributed by atoms with Crippen molar-refractivity contribution in [3.05, 3.63) is 212 Å². The van der Waals surface area contributed by atoms with E-state index in [1.165, 1.54) is 48.0 Å². The average Bonchev–Trinajstić information content (AvgIpc) is 3.87. The van der Waals surface area contributed by atoms with Gasteiger partial charge in [0, 0.05) is 37.5 Å². The minimum atomic E-state index is 0.900. The summed E-state index contributed by atoms with van der Waals surface area (Å²) in [4.78, 5) is 2.46. The molecule has 2 nitrogen and oxygen atoms in total. The largest absolute Gasteiger partial charge is 0.456 e. The van der Waals surface area contributed by atoms with Crippen molar-refractivity contribution >= 4 is 70.5 Å². The maximum atomic E-state index is 6.28. The van der Waals surface area contributed by atoms with Gasteiger partial charge < -0.3 is 9.32 Å². The summed E-state index contributed by atoms with van der Waals surface area (Å²) in [5.74, 6) is 0. The minimum Gasteiger partial charge on any atom is -0.456 e. The van der Waals surface area contributed by atoms with Crippen LogP contribution < -0.4 is 4.90 Å². The van der Waals surface area contributed by atoms with Gasteiger partial charge in [-0.1, -0.05) is 170 Å². The number of hydrogen-bond donors (Lipinski definition) is 0. The first-order valence-corrected chi connectivity index (χ1v) is 20.2. The standard InChI is InChI=1S/C54H35NOS/c1-2-16-36(17-3-1)39-18-4-5-19-41(39)42-20-6-7-21-43(42)44-22-8-11-27-48(44)55(49-28-14-26-46-45-23-10-13-31-52(45)57-54(46)49)38-34-32-37(33-35-38)40-25-15-30-51-53(40)47-24-9-12-29-50(47)56-51/h1-35H. The minimum absolute atomic E-state index is 0.900. The van der Waals surface area contributed by atoms with E-state index in [2.05, 4.69) is 205 Å². The van der Waals surface area contributed by atoms with Crippen LogP contribution in [0.1, 0.15) is 0 Å². The van der Waals surface area contributed by atoms with Crippen LogP contribution in [0.2, 0.25) is 0 Å². The molecule has 0 amide bonds. The topological polar surface area (TPSA) is 16.4 Å². The summed E-state index contributed by atoms with van der Waals surface area (Å²) in [7, 11) is 0. The zero-order valence-electron chi connectivity index (χ0n) is 31.0. The molecule has 0 bridgehead atoms. The van der Waals surface area contributed by atoms with Crippen LogP contribution in [0.15, 0.2) is 217 Å². The Morgan fingerprint density at radius 1 is 0.333 bits per heavy atom. The monoisotopic (exact) mass is 745 g/mol. The van der Waals surface area contributed by atoms with Crippen LogP contribution >= 0.6 is 11.3 Å². The Morgan fingerprint density at radius 3 is 1.67 bits per heavy atom. The van der Waals surface area contributed by atoms with Crippen molar-refractivity contribution in [3.63, 3.8) is 0 Å². The summed E-state index contributed by atoms with van der Waals surface area (Å²) in [5, 5.41) is 4.83. The van der Waals surface area contributed by atoms with Gasteiger partial charge in [0.15, 0.2) is 0 Å². The molecule has 0 unspecified atom stereocenters. The van der Waals surface area contributed by atoms with Crippen LogP contribution in [0.25, 0.3) is 86.6 Å². The lowest BCUT2D eigenvalue weighted by Crippen LogP contribution is -2.11. The van der Waals surface area contributed by atoms with Crippen molar-refractivity contribution in [2.45, 2.75) is 0 Å². The molecule has 0 saturated heterocycles. The van der Waals surface area contributed by atoms with Gasteiger partial charge in [0.25, 0.3) is 0 Å². The van der Waals surface area contributed by atoms with E-state index in [4.69, 9.17) is 4.42 Å². The Bertz CT molecular complexity index is 3250. The summed E-state index contributed by atoms with van der Waals surface area (Å²) in [6.07, 6.45) is 0. The van der Waals surface area contributed by atoms with Crippen molar-refractivity contribution < 1.29 is 4.42 Å². The van der Waals surface area contributed by atoms with Gasteiger partial charge in [0.1, 0.15) is 11.2 Å². The van der Waals surface area contributed by atoms with Crippen molar-refractivity contribution in [2.75, 3.05) is 4.90 Å². The highest BCUT2D eigenvalue weighted by molar-refractivity contribution is 7.26. The molecule has 0 atom stereocenters. The third kappa shape index (κ3) is 5.63. The molecule has 0 spiro atoms. The molecule has 2 heterocycles. The predicted molar refractivity (Wildman–Crippen MR) is 243 cm³/mol. The number of benzene rings is 9. The number of fused-ring (bicyclic) bond motifs is 6. The second-order valence-electron chi connectivity index (χ2n) is 14.4. The van der Waals surface area contributed by atoms with Crippen LogP contribution in [0.3, 0.4) is 0 Å². The number of hydrogen-bond acceptors (Lipinski definition) is 3. The van der Waals surface area contributed by atoms with E-state index in [-0.39, 0.29) is 0 Å². The smallest absolute Gasteiger partial charge is 0.136 e. The summed E-state index contributed by atoms with van der Waals surface area (Å²) < 4.78 is 8.82. The zero-order chi connectivity index (χ0) is 37.7. The molecule has 11 rings (SSSR count). The van der Waals surface area contributed by atoms with Crippen LogP contribution in [-0.4, -0.2) is 0 Å². The fourth-order valence-corrected chi connectivity index (χ4v) is 9.76. The highest BCUT2D eigenvalue weighted by Gasteiger charge is 2.23. The first kappa shape index (κ1) is 33.2. The van der Waals surface area contributed by atoms with Gasteiger partial charge in [-0.05, 0) is 81.4 Å². The Kier molecular flexibility index (Phi) is 8.04. The number of rotatable bonds is 7. The number of nitrogens with zero attached hydrogens (tertiary/aromatic N) is 1. The Labute approximate surface area is 335 Å².